The second-order valence-corrected chi connectivity index (χ2v) is 9.73. The van der Waals surface area contributed by atoms with Crippen LogP contribution in [0.15, 0.2) is 72.9 Å². The lowest BCUT2D eigenvalue weighted by atomic mass is 9.96. The van der Waals surface area contributed by atoms with Crippen molar-refractivity contribution in [3.05, 3.63) is 112 Å². The second kappa shape index (κ2) is 8.73. The molecule has 1 N–H and O–H groups in total. The van der Waals surface area contributed by atoms with Crippen molar-refractivity contribution in [1.82, 2.24) is 14.9 Å². The molecule has 0 bridgehead atoms. The van der Waals surface area contributed by atoms with Gasteiger partial charge in [0.05, 0.1) is 17.8 Å². The largest absolute Gasteiger partial charge is 0.351 e. The first-order valence-corrected chi connectivity index (χ1v) is 12.1. The van der Waals surface area contributed by atoms with E-state index >= 15 is 0 Å². The number of hydrogen-bond acceptors (Lipinski definition) is 2. The van der Waals surface area contributed by atoms with Crippen LogP contribution in [0.25, 0.3) is 5.69 Å². The Morgan fingerprint density at radius 2 is 1.53 bits per heavy atom. The number of aromatic nitrogens is 2. The number of thiocarbonyl (C=S) groups is 1. The molecule has 0 aliphatic carbocycles. The second-order valence-electron chi connectivity index (χ2n) is 9.34. The summed E-state index contributed by atoms with van der Waals surface area (Å²) in [6, 6.07) is 23.6. The minimum absolute atomic E-state index is 0.0185. The fourth-order valence-electron chi connectivity index (χ4n) is 5.29. The predicted octanol–water partition coefficient (Wildman–Crippen LogP) is 6.59. The van der Waals surface area contributed by atoms with Gasteiger partial charge in [-0.1, -0.05) is 24.3 Å². The summed E-state index contributed by atoms with van der Waals surface area (Å²) in [6.45, 7) is 10.8. The van der Waals surface area contributed by atoms with Gasteiger partial charge in [0.1, 0.15) is 0 Å². The van der Waals surface area contributed by atoms with Gasteiger partial charge in [-0.2, -0.15) is 0 Å². The van der Waals surface area contributed by atoms with E-state index in [1.807, 2.05) is 18.3 Å². The maximum atomic E-state index is 5.91. The molecule has 5 rings (SSSR count). The Labute approximate surface area is 207 Å². The van der Waals surface area contributed by atoms with Crippen molar-refractivity contribution < 1.29 is 0 Å². The quantitative estimate of drug-likeness (QED) is 0.344. The Balaban J connectivity index is 1.70. The number of nitrogens with zero attached hydrogens (tertiary/aromatic N) is 3. The van der Waals surface area contributed by atoms with Crippen LogP contribution in [0, 0.1) is 34.6 Å². The molecule has 34 heavy (non-hydrogen) atoms. The summed E-state index contributed by atoms with van der Waals surface area (Å²) in [5, 5.41) is 4.31. The molecule has 5 heteroatoms. The van der Waals surface area contributed by atoms with E-state index in [0.29, 0.717) is 0 Å². The Bertz CT molecular complexity index is 1350. The highest BCUT2D eigenvalue weighted by Crippen LogP contribution is 2.43. The summed E-state index contributed by atoms with van der Waals surface area (Å²) in [7, 11) is 0. The van der Waals surface area contributed by atoms with E-state index in [2.05, 4.69) is 104 Å². The average Bonchev–Trinajstić information content (AvgIpc) is 3.29. The molecule has 1 saturated heterocycles. The minimum Gasteiger partial charge on any atom is -0.351 e. The van der Waals surface area contributed by atoms with Crippen molar-refractivity contribution in [3.63, 3.8) is 0 Å². The molecule has 2 aromatic carbocycles. The van der Waals surface area contributed by atoms with E-state index in [1.165, 1.54) is 39.3 Å². The molecule has 2 aromatic heterocycles. The molecule has 0 saturated carbocycles. The zero-order chi connectivity index (χ0) is 24.0. The third-order valence-electron chi connectivity index (χ3n) is 6.63. The van der Waals surface area contributed by atoms with E-state index in [0.717, 1.165) is 16.5 Å². The van der Waals surface area contributed by atoms with Crippen LogP contribution in [0.1, 0.15) is 51.4 Å². The highest BCUT2D eigenvalue weighted by atomic mass is 32.1. The molecule has 0 spiro atoms. The predicted molar refractivity (Wildman–Crippen MR) is 144 cm³/mol. The van der Waals surface area contributed by atoms with E-state index in [9.17, 15) is 0 Å². The average molecular weight is 467 g/mol. The number of hydrogen-bond donors (Lipinski definition) is 1. The smallest absolute Gasteiger partial charge is 0.174 e. The van der Waals surface area contributed by atoms with Gasteiger partial charge in [0.25, 0.3) is 0 Å². The molecule has 1 fully saturated rings. The van der Waals surface area contributed by atoms with Crippen LogP contribution in [0.5, 0.6) is 0 Å². The van der Waals surface area contributed by atoms with Crippen LogP contribution in [0.2, 0.25) is 0 Å². The van der Waals surface area contributed by atoms with Crippen molar-refractivity contribution in [1.29, 1.82) is 0 Å². The van der Waals surface area contributed by atoms with Crippen LogP contribution in [0.3, 0.4) is 0 Å². The number of rotatable bonds is 4. The van der Waals surface area contributed by atoms with Crippen LogP contribution in [-0.2, 0) is 0 Å². The van der Waals surface area contributed by atoms with Crippen molar-refractivity contribution >= 4 is 23.0 Å². The van der Waals surface area contributed by atoms with E-state index in [1.54, 1.807) is 0 Å². The number of pyridine rings is 1. The topological polar surface area (TPSA) is 33.1 Å². The van der Waals surface area contributed by atoms with E-state index in [-0.39, 0.29) is 12.1 Å². The van der Waals surface area contributed by atoms with Gasteiger partial charge < -0.3 is 14.8 Å². The van der Waals surface area contributed by atoms with Gasteiger partial charge in [-0.05, 0) is 112 Å². The number of anilines is 1. The first kappa shape index (κ1) is 22.4. The molecular formula is C29H30N4S. The number of aryl methyl sites for hydroxylation is 4. The molecule has 0 radical (unpaired) electrons. The molecule has 172 valence electrons. The summed E-state index contributed by atoms with van der Waals surface area (Å²) >= 11 is 5.91. The molecular weight excluding hydrogens is 436 g/mol. The van der Waals surface area contributed by atoms with Gasteiger partial charge in [-0.15, -0.1) is 0 Å². The van der Waals surface area contributed by atoms with Gasteiger partial charge in [0.15, 0.2) is 5.11 Å². The summed E-state index contributed by atoms with van der Waals surface area (Å²) in [5.41, 5.74) is 10.7. The van der Waals surface area contributed by atoms with Crippen molar-refractivity contribution in [2.24, 2.45) is 0 Å². The third-order valence-corrected chi connectivity index (χ3v) is 6.95. The monoisotopic (exact) mass is 466 g/mol. The molecule has 4 aromatic rings. The molecule has 0 unspecified atom stereocenters. The maximum Gasteiger partial charge on any atom is 0.174 e. The first-order chi connectivity index (χ1) is 16.3. The highest BCUT2D eigenvalue weighted by Gasteiger charge is 2.42. The van der Waals surface area contributed by atoms with Crippen molar-refractivity contribution in [2.45, 2.75) is 46.7 Å². The lowest BCUT2D eigenvalue weighted by Gasteiger charge is -2.28. The first-order valence-electron chi connectivity index (χ1n) is 11.7. The number of benzene rings is 2. The molecule has 4 nitrogen and oxygen atoms in total. The lowest BCUT2D eigenvalue weighted by molar-refractivity contribution is 0.565. The third kappa shape index (κ3) is 3.90. The van der Waals surface area contributed by atoms with Gasteiger partial charge in [-0.25, -0.2) is 0 Å². The van der Waals surface area contributed by atoms with Gasteiger partial charge in [-0.3, -0.25) is 4.98 Å². The summed E-state index contributed by atoms with van der Waals surface area (Å²) in [5.74, 6) is 0. The molecule has 3 heterocycles. The fraction of sp³-hybridized carbons (Fsp3) is 0.241. The van der Waals surface area contributed by atoms with Gasteiger partial charge in [0, 0.05) is 29.0 Å². The summed E-state index contributed by atoms with van der Waals surface area (Å²) in [4.78, 5) is 6.96. The van der Waals surface area contributed by atoms with Crippen LogP contribution < -0.4 is 10.2 Å². The molecule has 1 aliphatic heterocycles. The van der Waals surface area contributed by atoms with Crippen molar-refractivity contribution in [2.75, 3.05) is 4.90 Å². The zero-order valence-electron chi connectivity index (χ0n) is 20.3. The van der Waals surface area contributed by atoms with Crippen LogP contribution >= 0.6 is 12.2 Å². The maximum absolute atomic E-state index is 5.91. The standard InChI is InChI=1S/C29H30N4S/c1-18-9-8-10-23(14-18)33-28(27(31-29(33)34)26-11-6-7-12-30-26)25-17-21(4)32(22(25)5)24-15-19(2)13-20(3)16-24/h6-17,27-28H,1-5H3,(H,31,34)/t27-,28+/m1/s1. The Hall–Kier alpha value is -3.44. The minimum atomic E-state index is -0.0533. The van der Waals surface area contributed by atoms with Crippen molar-refractivity contribution in [3.8, 4) is 5.69 Å². The molecule has 0 amide bonds. The lowest BCUT2D eigenvalue weighted by Crippen LogP contribution is -2.29. The Morgan fingerprint density at radius 3 is 2.21 bits per heavy atom. The molecule has 2 atom stereocenters. The molecule has 1 aliphatic rings. The van der Waals surface area contributed by atoms with E-state index < -0.39 is 0 Å². The van der Waals surface area contributed by atoms with Crippen LogP contribution in [0.4, 0.5) is 5.69 Å². The van der Waals surface area contributed by atoms with Gasteiger partial charge >= 0.3 is 0 Å². The van der Waals surface area contributed by atoms with Gasteiger partial charge in [0.2, 0.25) is 0 Å². The Kier molecular flexibility index (Phi) is 5.74. The SMILES string of the molecule is Cc1cccc(N2C(=S)N[C@H](c3ccccn3)[C@@H]2c2cc(C)n(-c3cc(C)cc(C)c3)c2C)c1. The summed E-state index contributed by atoms with van der Waals surface area (Å²) in [6.07, 6.45) is 1.85. The van der Waals surface area contributed by atoms with E-state index in [4.69, 9.17) is 17.2 Å². The zero-order valence-corrected chi connectivity index (χ0v) is 21.1. The Morgan fingerprint density at radius 1 is 0.794 bits per heavy atom. The normalized spacial score (nSPS) is 17.8. The summed E-state index contributed by atoms with van der Waals surface area (Å²) < 4.78 is 2.36. The van der Waals surface area contributed by atoms with Crippen LogP contribution in [-0.4, -0.2) is 14.7 Å². The highest BCUT2D eigenvalue weighted by molar-refractivity contribution is 7.80. The number of nitrogens with one attached hydrogen (secondary N) is 1. The fourth-order valence-corrected chi connectivity index (χ4v) is 5.64.